The van der Waals surface area contributed by atoms with E-state index in [1.54, 1.807) is 30.3 Å². The summed E-state index contributed by atoms with van der Waals surface area (Å²) in [6.07, 6.45) is 0. The Kier molecular flexibility index (Phi) is 6.52. The number of hydrogen-bond donors (Lipinski definition) is 2. The van der Waals surface area contributed by atoms with Gasteiger partial charge in [-0.15, -0.1) is 11.8 Å². The summed E-state index contributed by atoms with van der Waals surface area (Å²) in [6, 6.07) is 12.4. The van der Waals surface area contributed by atoms with Gasteiger partial charge in [-0.05, 0) is 42.8 Å². The summed E-state index contributed by atoms with van der Waals surface area (Å²) in [4.78, 5) is 23.7. The highest BCUT2D eigenvalue weighted by molar-refractivity contribution is 8.00. The lowest BCUT2D eigenvalue weighted by Crippen LogP contribution is -2.20. The van der Waals surface area contributed by atoms with Crippen LogP contribution >= 0.6 is 23.4 Å². The second-order valence-corrected chi connectivity index (χ2v) is 6.42. The topological polar surface area (TPSA) is 81.4 Å². The van der Waals surface area contributed by atoms with Crippen molar-refractivity contribution in [1.29, 1.82) is 0 Å². The van der Waals surface area contributed by atoms with E-state index in [2.05, 4.69) is 5.32 Å². The summed E-state index contributed by atoms with van der Waals surface area (Å²) in [6.45, 7) is 1.73. The SMILES string of the molecule is Cc1cc(OCC(=O)Nc2ccccc2SCC(N)=O)ccc1Cl. The molecule has 0 heterocycles. The molecule has 24 heavy (non-hydrogen) atoms. The molecule has 0 saturated carbocycles. The third kappa shape index (κ3) is 5.47. The molecule has 0 aromatic heterocycles. The number of benzene rings is 2. The van der Waals surface area contributed by atoms with Gasteiger partial charge < -0.3 is 15.8 Å². The van der Waals surface area contributed by atoms with Crippen LogP contribution in [0.5, 0.6) is 5.75 Å². The number of ether oxygens (including phenoxy) is 1. The van der Waals surface area contributed by atoms with Crippen molar-refractivity contribution >= 4 is 40.9 Å². The Bertz CT molecular complexity index is 752. The highest BCUT2D eigenvalue weighted by atomic mass is 35.5. The van der Waals surface area contributed by atoms with Gasteiger partial charge in [0.2, 0.25) is 5.91 Å². The summed E-state index contributed by atoms with van der Waals surface area (Å²) in [7, 11) is 0. The second-order valence-electron chi connectivity index (χ2n) is 5.00. The van der Waals surface area contributed by atoms with E-state index < -0.39 is 5.91 Å². The average molecular weight is 365 g/mol. The molecule has 0 fully saturated rings. The van der Waals surface area contributed by atoms with E-state index in [9.17, 15) is 9.59 Å². The van der Waals surface area contributed by atoms with Crippen LogP contribution in [0.2, 0.25) is 5.02 Å². The molecule has 126 valence electrons. The summed E-state index contributed by atoms with van der Waals surface area (Å²) in [5, 5.41) is 3.41. The Hall–Kier alpha value is -2.18. The summed E-state index contributed by atoms with van der Waals surface area (Å²) >= 11 is 7.22. The second kappa shape index (κ2) is 8.61. The van der Waals surface area contributed by atoms with Crippen LogP contribution in [0.4, 0.5) is 5.69 Å². The summed E-state index contributed by atoms with van der Waals surface area (Å²) in [5.41, 5.74) is 6.64. The molecule has 0 unspecified atom stereocenters. The average Bonchev–Trinajstić information content (AvgIpc) is 2.55. The van der Waals surface area contributed by atoms with E-state index in [1.807, 2.05) is 19.1 Å². The number of thioether (sulfide) groups is 1. The number of halogens is 1. The summed E-state index contributed by atoms with van der Waals surface area (Å²) < 4.78 is 5.46. The number of anilines is 1. The molecule has 2 aromatic carbocycles. The van der Waals surface area contributed by atoms with Gasteiger partial charge >= 0.3 is 0 Å². The van der Waals surface area contributed by atoms with E-state index in [1.165, 1.54) is 11.8 Å². The van der Waals surface area contributed by atoms with Crippen LogP contribution in [0.3, 0.4) is 0 Å². The quantitative estimate of drug-likeness (QED) is 0.739. The van der Waals surface area contributed by atoms with Gasteiger partial charge in [0.05, 0.1) is 11.4 Å². The fourth-order valence-electron chi connectivity index (χ4n) is 1.89. The van der Waals surface area contributed by atoms with Crippen molar-refractivity contribution < 1.29 is 14.3 Å². The molecule has 0 saturated heterocycles. The van der Waals surface area contributed by atoms with E-state index in [0.717, 1.165) is 10.5 Å². The van der Waals surface area contributed by atoms with Crippen LogP contribution in [-0.4, -0.2) is 24.2 Å². The Morgan fingerprint density at radius 1 is 1.25 bits per heavy atom. The molecular weight excluding hydrogens is 348 g/mol. The Labute approximate surface area is 149 Å². The zero-order valence-corrected chi connectivity index (χ0v) is 14.6. The lowest BCUT2D eigenvalue weighted by atomic mass is 10.2. The maximum Gasteiger partial charge on any atom is 0.262 e. The monoisotopic (exact) mass is 364 g/mol. The lowest BCUT2D eigenvalue weighted by molar-refractivity contribution is -0.118. The Morgan fingerprint density at radius 2 is 2.00 bits per heavy atom. The number of aryl methyl sites for hydroxylation is 1. The molecule has 0 bridgehead atoms. The van der Waals surface area contributed by atoms with Crippen molar-refractivity contribution in [2.45, 2.75) is 11.8 Å². The van der Waals surface area contributed by atoms with Crippen LogP contribution < -0.4 is 15.8 Å². The molecule has 0 aliphatic heterocycles. The zero-order valence-electron chi connectivity index (χ0n) is 13.0. The number of rotatable bonds is 7. The summed E-state index contributed by atoms with van der Waals surface area (Å²) in [5.74, 6) is 0.00806. The van der Waals surface area contributed by atoms with Gasteiger partial charge in [-0.2, -0.15) is 0 Å². The van der Waals surface area contributed by atoms with Crippen LogP contribution in [0.1, 0.15) is 5.56 Å². The van der Waals surface area contributed by atoms with Crippen molar-refractivity contribution in [1.82, 2.24) is 0 Å². The number of nitrogens with two attached hydrogens (primary N) is 1. The largest absolute Gasteiger partial charge is 0.484 e. The number of para-hydroxylation sites is 1. The number of carbonyl (C=O) groups is 2. The van der Waals surface area contributed by atoms with Gasteiger partial charge in [-0.25, -0.2) is 0 Å². The van der Waals surface area contributed by atoms with Gasteiger partial charge in [-0.3, -0.25) is 9.59 Å². The third-order valence-corrected chi connectivity index (χ3v) is 4.55. The maximum atomic E-state index is 12.1. The molecule has 0 aliphatic rings. The number of hydrogen-bond acceptors (Lipinski definition) is 4. The van der Waals surface area contributed by atoms with Gasteiger partial charge in [0.25, 0.3) is 5.91 Å². The molecule has 3 N–H and O–H groups in total. The first-order valence-corrected chi connectivity index (χ1v) is 8.51. The fourth-order valence-corrected chi connectivity index (χ4v) is 2.75. The van der Waals surface area contributed by atoms with Crippen molar-refractivity contribution in [2.75, 3.05) is 17.7 Å². The molecule has 2 rings (SSSR count). The molecular formula is C17H17ClN2O3S. The Balaban J connectivity index is 1.94. The number of carbonyl (C=O) groups excluding carboxylic acids is 2. The van der Waals surface area contributed by atoms with E-state index in [-0.39, 0.29) is 18.3 Å². The van der Waals surface area contributed by atoms with Gasteiger partial charge in [0.1, 0.15) is 5.75 Å². The smallest absolute Gasteiger partial charge is 0.262 e. The molecule has 0 atom stereocenters. The molecule has 2 amide bonds. The van der Waals surface area contributed by atoms with Gasteiger partial charge in [0, 0.05) is 9.92 Å². The number of primary amides is 1. The van der Waals surface area contributed by atoms with Crippen molar-refractivity contribution in [2.24, 2.45) is 5.73 Å². The minimum Gasteiger partial charge on any atom is -0.484 e. The minimum atomic E-state index is -0.414. The van der Waals surface area contributed by atoms with Gasteiger partial charge in [0.15, 0.2) is 6.61 Å². The fraction of sp³-hybridized carbons (Fsp3) is 0.176. The predicted octanol–water partition coefficient (Wildman–Crippen LogP) is 3.24. The highest BCUT2D eigenvalue weighted by Crippen LogP contribution is 2.26. The van der Waals surface area contributed by atoms with E-state index >= 15 is 0 Å². The first-order chi connectivity index (χ1) is 11.5. The normalized spacial score (nSPS) is 10.2. The Morgan fingerprint density at radius 3 is 2.71 bits per heavy atom. The maximum absolute atomic E-state index is 12.1. The highest BCUT2D eigenvalue weighted by Gasteiger charge is 2.09. The van der Waals surface area contributed by atoms with Gasteiger partial charge in [-0.1, -0.05) is 23.7 Å². The first kappa shape index (κ1) is 18.2. The third-order valence-electron chi connectivity index (χ3n) is 3.03. The molecule has 7 heteroatoms. The predicted molar refractivity (Wildman–Crippen MR) is 96.7 cm³/mol. The lowest BCUT2D eigenvalue weighted by Gasteiger charge is -2.11. The zero-order chi connectivity index (χ0) is 17.5. The van der Waals surface area contributed by atoms with Crippen molar-refractivity contribution in [3.63, 3.8) is 0 Å². The van der Waals surface area contributed by atoms with Crippen LogP contribution in [0.25, 0.3) is 0 Å². The molecule has 5 nitrogen and oxygen atoms in total. The first-order valence-electron chi connectivity index (χ1n) is 7.14. The standard InChI is InChI=1S/C17H17ClN2O3S/c1-11-8-12(6-7-13(11)18)23-9-17(22)20-14-4-2-3-5-15(14)24-10-16(19)21/h2-8H,9-10H2,1H3,(H2,19,21)(H,20,22). The molecule has 2 aromatic rings. The van der Waals surface area contributed by atoms with Crippen LogP contribution in [0, 0.1) is 6.92 Å². The van der Waals surface area contributed by atoms with E-state index in [0.29, 0.717) is 16.5 Å². The van der Waals surface area contributed by atoms with Crippen LogP contribution in [0.15, 0.2) is 47.4 Å². The molecule has 0 aliphatic carbocycles. The van der Waals surface area contributed by atoms with E-state index in [4.69, 9.17) is 22.1 Å². The molecule has 0 spiro atoms. The number of nitrogens with one attached hydrogen (secondary N) is 1. The minimum absolute atomic E-state index is 0.129. The van der Waals surface area contributed by atoms with Crippen molar-refractivity contribution in [3.8, 4) is 5.75 Å². The molecule has 0 radical (unpaired) electrons. The number of amides is 2. The van der Waals surface area contributed by atoms with Crippen molar-refractivity contribution in [3.05, 3.63) is 53.1 Å². The van der Waals surface area contributed by atoms with Crippen LogP contribution in [-0.2, 0) is 9.59 Å².